The molecule has 0 radical (unpaired) electrons. The minimum Gasteiger partial charge on any atom is -0.489 e. The first-order valence-electron chi connectivity index (χ1n) is 18.7. The summed E-state index contributed by atoms with van der Waals surface area (Å²) in [6.45, 7) is 4.02. The first kappa shape index (κ1) is 40.0. The van der Waals surface area contributed by atoms with Gasteiger partial charge in [-0.25, -0.2) is 9.59 Å². The standard InChI is InChI=1S/C45H39Cl2N3O8/c1-26(2)57-45(54)50-23-34-21-41-40(56-25-42(58-41)32-12-14-35(15-13-32)55-24-29-7-16-36(46)37(47)17-29)20-33(34)19-39(50)43(51)49-38(44(52)53)18-27-3-8-30(9-4-27)31-10-5-28(22-48)6-11-31/h3-17,20-21,26,38-39,42H,18-19,23-25H2,1-2H3,(H,49,51)(H,52,53)/t38-,39-,42?/m0/s1. The van der Waals surface area contributed by atoms with Gasteiger partial charge in [-0.1, -0.05) is 77.8 Å². The zero-order valence-corrected chi connectivity index (χ0v) is 33.1. The van der Waals surface area contributed by atoms with Gasteiger partial charge in [-0.2, -0.15) is 5.26 Å². The molecule has 0 spiro atoms. The Morgan fingerprint density at radius 3 is 2.21 bits per heavy atom. The number of amides is 2. The second-order valence-electron chi connectivity index (χ2n) is 14.4. The van der Waals surface area contributed by atoms with Crippen LogP contribution in [0.1, 0.15) is 53.3 Å². The Morgan fingerprint density at radius 2 is 1.55 bits per heavy atom. The van der Waals surface area contributed by atoms with Crippen LogP contribution in [0.4, 0.5) is 4.79 Å². The molecule has 0 fully saturated rings. The number of benzene rings is 5. The lowest BCUT2D eigenvalue weighted by atomic mass is 9.92. The SMILES string of the molecule is CC(C)OC(=O)N1Cc2cc3c(cc2C[C@H]1C(=O)N[C@@H](Cc1ccc(-c2ccc(C#N)cc2)cc1)C(=O)O)OCC(c1ccc(OCc2ccc(Cl)c(Cl)c2)cc1)O3. The number of ether oxygens (including phenoxy) is 4. The molecule has 5 aromatic rings. The summed E-state index contributed by atoms with van der Waals surface area (Å²) in [5.74, 6) is -0.172. The molecule has 11 nitrogen and oxygen atoms in total. The minimum atomic E-state index is -1.27. The van der Waals surface area contributed by atoms with Gasteiger partial charge in [-0.3, -0.25) is 9.69 Å². The Morgan fingerprint density at radius 1 is 0.879 bits per heavy atom. The highest BCUT2D eigenvalue weighted by Gasteiger charge is 2.39. The molecule has 296 valence electrons. The molecule has 1 unspecified atom stereocenters. The Labute approximate surface area is 345 Å². The van der Waals surface area contributed by atoms with Crippen LogP contribution in [0, 0.1) is 11.3 Å². The van der Waals surface area contributed by atoms with Gasteiger partial charge in [0, 0.05) is 12.8 Å². The van der Waals surface area contributed by atoms with E-state index >= 15 is 0 Å². The maximum atomic E-state index is 13.9. The molecule has 2 amide bonds. The van der Waals surface area contributed by atoms with E-state index in [1.807, 2.05) is 66.7 Å². The number of halogens is 2. The van der Waals surface area contributed by atoms with Crippen LogP contribution in [0.15, 0.2) is 103 Å². The number of nitriles is 1. The molecule has 2 N–H and O–H groups in total. The van der Waals surface area contributed by atoms with Crippen molar-refractivity contribution in [1.29, 1.82) is 5.26 Å². The summed E-state index contributed by atoms with van der Waals surface area (Å²) in [5, 5.41) is 22.9. The van der Waals surface area contributed by atoms with Gasteiger partial charge in [0.25, 0.3) is 0 Å². The van der Waals surface area contributed by atoms with E-state index < -0.39 is 42.3 Å². The predicted octanol–water partition coefficient (Wildman–Crippen LogP) is 8.71. The van der Waals surface area contributed by atoms with E-state index in [-0.39, 0.29) is 26.0 Å². The number of fused-ring (bicyclic) bond motifs is 2. The van der Waals surface area contributed by atoms with Crippen molar-refractivity contribution in [2.45, 2.75) is 64.1 Å². The van der Waals surface area contributed by atoms with Crippen molar-refractivity contribution < 1.29 is 38.4 Å². The topological polar surface area (TPSA) is 147 Å². The van der Waals surface area contributed by atoms with Crippen molar-refractivity contribution in [1.82, 2.24) is 10.2 Å². The summed E-state index contributed by atoms with van der Waals surface area (Å²) < 4.78 is 24.0. The van der Waals surface area contributed by atoms with Crippen LogP contribution in [-0.2, 0) is 40.3 Å². The second kappa shape index (κ2) is 17.5. The fraction of sp³-hybridized carbons (Fsp3) is 0.244. The molecule has 2 aliphatic rings. The van der Waals surface area contributed by atoms with Crippen molar-refractivity contribution in [3.63, 3.8) is 0 Å². The summed E-state index contributed by atoms with van der Waals surface area (Å²) in [6.07, 6.45) is -1.45. The van der Waals surface area contributed by atoms with Gasteiger partial charge in [0.05, 0.1) is 34.3 Å². The fourth-order valence-corrected chi connectivity index (χ4v) is 7.18. The van der Waals surface area contributed by atoms with Crippen molar-refractivity contribution in [2.24, 2.45) is 0 Å². The Bertz CT molecular complexity index is 2360. The summed E-state index contributed by atoms with van der Waals surface area (Å²) >= 11 is 12.2. The summed E-state index contributed by atoms with van der Waals surface area (Å²) in [7, 11) is 0. The molecule has 13 heteroatoms. The van der Waals surface area contributed by atoms with Gasteiger partial charge < -0.3 is 29.4 Å². The number of nitrogens with one attached hydrogen (secondary N) is 1. The number of nitrogens with zero attached hydrogens (tertiary/aromatic N) is 2. The van der Waals surface area contributed by atoms with Crippen LogP contribution in [0.25, 0.3) is 11.1 Å². The molecular weight excluding hydrogens is 781 g/mol. The second-order valence-corrected chi connectivity index (χ2v) is 15.2. The van der Waals surface area contributed by atoms with Gasteiger partial charge in [0.1, 0.15) is 31.0 Å². The van der Waals surface area contributed by atoms with Gasteiger partial charge in [0.2, 0.25) is 5.91 Å². The monoisotopic (exact) mass is 819 g/mol. The predicted molar refractivity (Wildman–Crippen MR) is 217 cm³/mol. The Hall–Kier alpha value is -6.22. The van der Waals surface area contributed by atoms with Gasteiger partial charge in [-0.15, -0.1) is 0 Å². The van der Waals surface area contributed by atoms with Crippen LogP contribution in [-0.4, -0.2) is 52.8 Å². The quantitative estimate of drug-likeness (QED) is 0.134. The van der Waals surface area contributed by atoms with Crippen molar-refractivity contribution in [3.8, 4) is 34.4 Å². The maximum Gasteiger partial charge on any atom is 0.411 e. The zero-order chi connectivity index (χ0) is 40.9. The molecule has 5 aromatic carbocycles. The smallest absolute Gasteiger partial charge is 0.411 e. The molecule has 7 rings (SSSR count). The lowest BCUT2D eigenvalue weighted by molar-refractivity contribution is -0.142. The van der Waals surface area contributed by atoms with Gasteiger partial charge in [0.15, 0.2) is 17.6 Å². The van der Waals surface area contributed by atoms with Crippen LogP contribution < -0.4 is 19.5 Å². The van der Waals surface area contributed by atoms with E-state index in [0.717, 1.165) is 33.4 Å². The van der Waals surface area contributed by atoms with Crippen molar-refractivity contribution >= 4 is 41.2 Å². The summed E-state index contributed by atoms with van der Waals surface area (Å²) in [4.78, 5) is 41.2. The Kier molecular flexibility index (Phi) is 12.1. The molecule has 2 aliphatic heterocycles. The molecule has 0 saturated heterocycles. The minimum absolute atomic E-state index is 0.0167. The van der Waals surface area contributed by atoms with Crippen LogP contribution in [0.5, 0.6) is 17.2 Å². The molecule has 0 aliphatic carbocycles. The first-order chi connectivity index (χ1) is 27.9. The number of carboxylic acid groups (broad SMARTS) is 1. The van der Waals surface area contributed by atoms with Crippen LogP contribution >= 0.6 is 23.2 Å². The number of aliphatic carboxylic acids is 1. The third-order valence-electron chi connectivity index (χ3n) is 9.93. The number of rotatable bonds is 11. The number of carbonyl (C=O) groups excluding carboxylic acids is 2. The Balaban J connectivity index is 1.03. The number of carboxylic acids is 1. The highest BCUT2D eigenvalue weighted by molar-refractivity contribution is 6.42. The van der Waals surface area contributed by atoms with E-state index in [1.54, 1.807) is 50.2 Å². The number of carbonyl (C=O) groups is 3. The van der Waals surface area contributed by atoms with Crippen molar-refractivity contribution in [3.05, 3.63) is 147 Å². The highest BCUT2D eigenvalue weighted by atomic mass is 35.5. The van der Waals surface area contributed by atoms with E-state index in [0.29, 0.717) is 45.0 Å². The number of hydrogen-bond donors (Lipinski definition) is 2. The molecular formula is C45H39Cl2N3O8. The third-order valence-corrected chi connectivity index (χ3v) is 10.7. The van der Waals surface area contributed by atoms with Crippen LogP contribution in [0.3, 0.4) is 0 Å². The molecule has 0 bridgehead atoms. The van der Waals surface area contributed by atoms with E-state index in [4.69, 9.17) is 47.4 Å². The maximum absolute atomic E-state index is 13.9. The molecule has 0 saturated carbocycles. The largest absolute Gasteiger partial charge is 0.489 e. The van der Waals surface area contributed by atoms with Crippen molar-refractivity contribution in [2.75, 3.05) is 6.61 Å². The van der Waals surface area contributed by atoms with Gasteiger partial charge >= 0.3 is 12.1 Å². The first-order valence-corrected chi connectivity index (χ1v) is 19.4. The molecule has 58 heavy (non-hydrogen) atoms. The lowest BCUT2D eigenvalue weighted by Crippen LogP contribution is -2.56. The number of hydrogen-bond acceptors (Lipinski definition) is 8. The van der Waals surface area contributed by atoms with Crippen LogP contribution in [0.2, 0.25) is 10.0 Å². The molecule has 2 heterocycles. The average Bonchev–Trinajstić information content (AvgIpc) is 3.22. The van der Waals surface area contributed by atoms with E-state index in [2.05, 4.69) is 11.4 Å². The summed E-state index contributed by atoms with van der Waals surface area (Å²) in [5.41, 5.74) is 6.33. The molecule has 0 aromatic heterocycles. The molecule has 3 atom stereocenters. The third kappa shape index (κ3) is 9.31. The van der Waals surface area contributed by atoms with Gasteiger partial charge in [-0.05, 0) is 101 Å². The summed E-state index contributed by atoms with van der Waals surface area (Å²) in [6, 6.07) is 30.8. The van der Waals surface area contributed by atoms with E-state index in [9.17, 15) is 19.5 Å². The fourth-order valence-electron chi connectivity index (χ4n) is 6.86. The lowest BCUT2D eigenvalue weighted by Gasteiger charge is -2.37. The zero-order valence-electron chi connectivity index (χ0n) is 31.6. The average molecular weight is 821 g/mol. The van der Waals surface area contributed by atoms with E-state index in [1.165, 1.54) is 4.90 Å². The normalized spacial score (nSPS) is 16.1. The highest BCUT2D eigenvalue weighted by Crippen LogP contribution is 2.41.